The first-order valence-electron chi connectivity index (χ1n) is 4.04. The summed E-state index contributed by atoms with van der Waals surface area (Å²) in [4.78, 5) is 20.6. The van der Waals surface area contributed by atoms with E-state index in [0.717, 1.165) is 0 Å². The summed E-state index contributed by atoms with van der Waals surface area (Å²) in [7, 11) is 0. The lowest BCUT2D eigenvalue weighted by molar-refractivity contribution is -0.138. The second-order valence-corrected chi connectivity index (χ2v) is 2.91. The number of benzene rings is 1. The molecule has 0 amide bonds. The van der Waals surface area contributed by atoms with Gasteiger partial charge in [-0.1, -0.05) is 12.1 Å². The van der Waals surface area contributed by atoms with Crippen molar-refractivity contribution < 1.29 is 9.90 Å². The number of hydrogen-bond donors (Lipinski definition) is 2. The summed E-state index contributed by atoms with van der Waals surface area (Å²) in [6.07, 6.45) is 0.193. The summed E-state index contributed by atoms with van der Waals surface area (Å²) < 4.78 is 0. The fourth-order valence-corrected chi connectivity index (χ4v) is 1.08. The zero-order chi connectivity index (χ0) is 10.6. The van der Waals surface area contributed by atoms with E-state index in [1.807, 2.05) is 0 Å². The summed E-state index contributed by atoms with van der Waals surface area (Å²) in [6.45, 7) is 0. The zero-order valence-corrected chi connectivity index (χ0v) is 7.38. The van der Waals surface area contributed by atoms with Crippen molar-refractivity contribution in [3.8, 4) is 0 Å². The average molecular weight is 194 g/mol. The van der Waals surface area contributed by atoms with Crippen LogP contribution in [0.4, 0.5) is 5.69 Å². The van der Waals surface area contributed by atoms with Crippen molar-refractivity contribution in [1.82, 2.24) is 0 Å². The largest absolute Gasteiger partial charge is 0.480 e. The molecular weight excluding hydrogens is 184 g/mol. The molecule has 1 unspecified atom stereocenters. The van der Waals surface area contributed by atoms with Crippen LogP contribution in [0.5, 0.6) is 0 Å². The Balaban J connectivity index is 2.76. The fraction of sp³-hybridized carbons (Fsp3) is 0.222. The highest BCUT2D eigenvalue weighted by atomic mass is 16.4. The van der Waals surface area contributed by atoms with Gasteiger partial charge in [-0.05, 0) is 29.3 Å². The summed E-state index contributed by atoms with van der Waals surface area (Å²) in [5.41, 5.74) is 6.30. The minimum Gasteiger partial charge on any atom is -0.480 e. The third-order valence-corrected chi connectivity index (χ3v) is 1.79. The minimum absolute atomic E-state index is 0.193. The first-order valence-corrected chi connectivity index (χ1v) is 4.04. The maximum atomic E-state index is 10.4. The Morgan fingerprint density at radius 3 is 2.86 bits per heavy atom. The number of carboxylic acid groups (broad SMARTS) is 1. The van der Waals surface area contributed by atoms with Crippen molar-refractivity contribution in [2.75, 3.05) is 0 Å². The Morgan fingerprint density at radius 2 is 2.29 bits per heavy atom. The van der Waals surface area contributed by atoms with Crippen LogP contribution < -0.4 is 5.73 Å². The van der Waals surface area contributed by atoms with Crippen LogP contribution in [-0.4, -0.2) is 17.1 Å². The van der Waals surface area contributed by atoms with Gasteiger partial charge in [-0.3, -0.25) is 4.79 Å². The SMILES string of the molecule is NC(Cc1cccc(N=O)c1)C(=O)O. The monoisotopic (exact) mass is 194 g/mol. The highest BCUT2D eigenvalue weighted by Crippen LogP contribution is 2.14. The smallest absolute Gasteiger partial charge is 0.320 e. The van der Waals surface area contributed by atoms with Crippen LogP contribution in [0.15, 0.2) is 29.4 Å². The molecule has 0 aliphatic rings. The van der Waals surface area contributed by atoms with E-state index < -0.39 is 12.0 Å². The van der Waals surface area contributed by atoms with E-state index in [4.69, 9.17) is 10.8 Å². The van der Waals surface area contributed by atoms with Crippen LogP contribution in [-0.2, 0) is 11.2 Å². The molecule has 0 fully saturated rings. The van der Waals surface area contributed by atoms with Gasteiger partial charge in [-0.25, -0.2) is 0 Å². The lowest BCUT2D eigenvalue weighted by atomic mass is 10.1. The molecule has 1 atom stereocenters. The summed E-state index contributed by atoms with van der Waals surface area (Å²) in [5.74, 6) is -1.06. The highest BCUT2D eigenvalue weighted by Gasteiger charge is 2.11. The van der Waals surface area contributed by atoms with Gasteiger partial charge < -0.3 is 10.8 Å². The quantitative estimate of drug-likeness (QED) is 0.700. The summed E-state index contributed by atoms with van der Waals surface area (Å²) in [6, 6.07) is 5.47. The Bertz CT molecular complexity index is 352. The van der Waals surface area contributed by atoms with E-state index in [2.05, 4.69) is 5.18 Å². The number of nitroso groups, excluding NO2 is 1. The van der Waals surface area contributed by atoms with Crippen LogP contribution in [0, 0.1) is 4.91 Å². The second-order valence-electron chi connectivity index (χ2n) is 2.91. The summed E-state index contributed by atoms with van der Waals surface area (Å²) >= 11 is 0. The Kier molecular flexibility index (Phi) is 3.30. The van der Waals surface area contributed by atoms with Crippen LogP contribution in [0.3, 0.4) is 0 Å². The molecule has 0 aromatic heterocycles. The van der Waals surface area contributed by atoms with Crippen molar-refractivity contribution in [2.24, 2.45) is 10.9 Å². The Morgan fingerprint density at radius 1 is 1.57 bits per heavy atom. The van der Waals surface area contributed by atoms with Crippen LogP contribution >= 0.6 is 0 Å². The lowest BCUT2D eigenvalue weighted by Gasteiger charge is -2.05. The second kappa shape index (κ2) is 4.48. The first-order chi connectivity index (χ1) is 6.63. The highest BCUT2D eigenvalue weighted by molar-refractivity contribution is 5.73. The number of hydrogen-bond acceptors (Lipinski definition) is 4. The molecule has 1 aromatic carbocycles. The summed E-state index contributed by atoms with van der Waals surface area (Å²) in [5, 5.41) is 11.3. The number of nitrogens with two attached hydrogens (primary N) is 1. The van der Waals surface area contributed by atoms with E-state index in [1.165, 1.54) is 6.07 Å². The van der Waals surface area contributed by atoms with Crippen molar-refractivity contribution in [2.45, 2.75) is 12.5 Å². The zero-order valence-electron chi connectivity index (χ0n) is 7.38. The van der Waals surface area contributed by atoms with Gasteiger partial charge in [0.25, 0.3) is 0 Å². The van der Waals surface area contributed by atoms with Crippen LogP contribution in [0.1, 0.15) is 5.56 Å². The third kappa shape index (κ3) is 2.63. The predicted molar refractivity (Wildman–Crippen MR) is 51.2 cm³/mol. The van der Waals surface area contributed by atoms with Gasteiger partial charge in [0.15, 0.2) is 0 Å². The van der Waals surface area contributed by atoms with Crippen molar-refractivity contribution in [3.05, 3.63) is 34.7 Å². The number of carboxylic acids is 1. The number of nitrogens with zero attached hydrogens (tertiary/aromatic N) is 1. The number of aliphatic carboxylic acids is 1. The van der Waals surface area contributed by atoms with Crippen molar-refractivity contribution in [1.29, 1.82) is 0 Å². The van der Waals surface area contributed by atoms with Crippen molar-refractivity contribution in [3.63, 3.8) is 0 Å². The molecule has 0 saturated heterocycles. The van der Waals surface area contributed by atoms with Gasteiger partial charge in [-0.2, -0.15) is 0 Å². The molecule has 0 bridgehead atoms. The molecule has 5 heteroatoms. The molecule has 5 nitrogen and oxygen atoms in total. The molecule has 74 valence electrons. The van der Waals surface area contributed by atoms with E-state index in [-0.39, 0.29) is 12.1 Å². The van der Waals surface area contributed by atoms with E-state index in [0.29, 0.717) is 5.56 Å². The molecule has 3 N–H and O–H groups in total. The van der Waals surface area contributed by atoms with Gasteiger partial charge in [-0.15, -0.1) is 4.91 Å². The molecule has 0 radical (unpaired) electrons. The molecule has 0 heterocycles. The number of carbonyl (C=O) groups is 1. The minimum atomic E-state index is -1.06. The Labute approximate surface area is 80.5 Å². The molecule has 0 spiro atoms. The van der Waals surface area contributed by atoms with E-state index >= 15 is 0 Å². The van der Waals surface area contributed by atoms with Gasteiger partial charge >= 0.3 is 5.97 Å². The van der Waals surface area contributed by atoms with Crippen LogP contribution in [0.2, 0.25) is 0 Å². The topological polar surface area (TPSA) is 92.8 Å². The normalized spacial score (nSPS) is 12.1. The van der Waals surface area contributed by atoms with Gasteiger partial charge in [0.1, 0.15) is 11.7 Å². The number of rotatable bonds is 4. The molecule has 0 aliphatic heterocycles. The standard InChI is InChI=1S/C9H10N2O3/c10-8(9(12)13)5-6-2-1-3-7(4-6)11-14/h1-4,8H,5,10H2,(H,12,13). The van der Waals surface area contributed by atoms with Gasteiger partial charge in [0, 0.05) is 0 Å². The van der Waals surface area contributed by atoms with E-state index in [1.54, 1.807) is 18.2 Å². The fourth-order valence-electron chi connectivity index (χ4n) is 1.08. The molecule has 14 heavy (non-hydrogen) atoms. The first kappa shape index (κ1) is 10.3. The molecule has 0 aliphatic carbocycles. The van der Waals surface area contributed by atoms with Gasteiger partial charge in [0.05, 0.1) is 0 Å². The molecular formula is C9H10N2O3. The predicted octanol–water partition coefficient (Wildman–Crippen LogP) is 1.04. The maximum Gasteiger partial charge on any atom is 0.320 e. The van der Waals surface area contributed by atoms with Gasteiger partial charge in [0.2, 0.25) is 0 Å². The molecule has 1 aromatic rings. The maximum absolute atomic E-state index is 10.4. The average Bonchev–Trinajstić information content (AvgIpc) is 2.18. The molecule has 1 rings (SSSR count). The third-order valence-electron chi connectivity index (χ3n) is 1.79. The van der Waals surface area contributed by atoms with Crippen molar-refractivity contribution >= 4 is 11.7 Å². The van der Waals surface area contributed by atoms with E-state index in [9.17, 15) is 9.70 Å². The van der Waals surface area contributed by atoms with Crippen LogP contribution in [0.25, 0.3) is 0 Å². The Hall–Kier alpha value is -1.75. The molecule has 0 saturated carbocycles. The lowest BCUT2D eigenvalue weighted by Crippen LogP contribution is -2.32.